The van der Waals surface area contributed by atoms with Crippen LogP contribution in [-0.2, 0) is 10.0 Å². The molecule has 1 saturated heterocycles. The van der Waals surface area contributed by atoms with Crippen molar-refractivity contribution in [1.29, 1.82) is 0 Å². The molecule has 1 heterocycles. The van der Waals surface area contributed by atoms with E-state index in [1.54, 1.807) is 0 Å². The highest BCUT2D eigenvalue weighted by Gasteiger charge is 2.29. The van der Waals surface area contributed by atoms with Gasteiger partial charge in [0.15, 0.2) is 0 Å². The molecule has 1 aliphatic heterocycles. The molecule has 0 saturated carbocycles. The van der Waals surface area contributed by atoms with E-state index in [2.05, 4.69) is 10.0 Å². The minimum atomic E-state index is -4.29. The minimum absolute atomic E-state index is 0.149. The highest BCUT2D eigenvalue weighted by atomic mass is 32.2. The standard InChI is InChI=1S/C10H19F3N2O2S/c1-8-7-14-5-3-9(8)15-18(16,17)6-2-4-10(11,12)13/h8-9,14-15H,2-7H2,1H3/t8-,9+/m1/s1. The third kappa shape index (κ3) is 6.01. The van der Waals surface area contributed by atoms with Gasteiger partial charge >= 0.3 is 6.18 Å². The molecule has 8 heteroatoms. The molecule has 2 N–H and O–H groups in total. The lowest BCUT2D eigenvalue weighted by molar-refractivity contribution is -0.134. The molecule has 4 nitrogen and oxygen atoms in total. The monoisotopic (exact) mass is 288 g/mol. The molecule has 1 fully saturated rings. The Morgan fingerprint density at radius 3 is 2.61 bits per heavy atom. The first-order valence-electron chi connectivity index (χ1n) is 5.97. The summed E-state index contributed by atoms with van der Waals surface area (Å²) in [6, 6.07) is -0.179. The number of hydrogen-bond donors (Lipinski definition) is 2. The second-order valence-corrected chi connectivity index (χ2v) is 6.61. The minimum Gasteiger partial charge on any atom is -0.316 e. The van der Waals surface area contributed by atoms with Gasteiger partial charge in [0.05, 0.1) is 5.75 Å². The van der Waals surface area contributed by atoms with Crippen molar-refractivity contribution in [3.63, 3.8) is 0 Å². The summed E-state index contributed by atoms with van der Waals surface area (Å²) in [5, 5.41) is 3.13. The first-order chi connectivity index (χ1) is 8.20. The third-order valence-corrected chi connectivity index (χ3v) is 4.48. The Morgan fingerprint density at radius 2 is 2.06 bits per heavy atom. The molecule has 1 rings (SSSR count). The van der Waals surface area contributed by atoms with Crippen LogP contribution in [0.25, 0.3) is 0 Å². The predicted molar refractivity (Wildman–Crippen MR) is 62.7 cm³/mol. The fraction of sp³-hybridized carbons (Fsp3) is 1.00. The molecule has 0 amide bonds. The zero-order chi connectivity index (χ0) is 13.8. The molecule has 0 aromatic rings. The maximum absolute atomic E-state index is 11.9. The molecule has 0 bridgehead atoms. The number of hydrogen-bond acceptors (Lipinski definition) is 3. The van der Waals surface area contributed by atoms with E-state index in [-0.39, 0.29) is 12.0 Å². The lowest BCUT2D eigenvalue weighted by Crippen LogP contribution is -2.48. The molecule has 18 heavy (non-hydrogen) atoms. The molecule has 0 unspecified atom stereocenters. The zero-order valence-electron chi connectivity index (χ0n) is 10.3. The topological polar surface area (TPSA) is 58.2 Å². The van der Waals surface area contributed by atoms with Gasteiger partial charge < -0.3 is 5.32 Å². The molecular formula is C10H19F3N2O2S. The quantitative estimate of drug-likeness (QED) is 0.800. The lowest BCUT2D eigenvalue weighted by Gasteiger charge is -2.29. The molecule has 108 valence electrons. The summed E-state index contributed by atoms with van der Waals surface area (Å²) in [5.74, 6) is -0.320. The Morgan fingerprint density at radius 1 is 1.39 bits per heavy atom. The van der Waals surface area contributed by atoms with Gasteiger partial charge in [0, 0.05) is 12.5 Å². The summed E-state index contributed by atoms with van der Waals surface area (Å²) in [7, 11) is -3.61. The summed E-state index contributed by atoms with van der Waals surface area (Å²) in [5.41, 5.74) is 0. The number of halogens is 3. The van der Waals surface area contributed by atoms with Gasteiger partial charge in [-0.05, 0) is 31.8 Å². The van der Waals surface area contributed by atoms with Gasteiger partial charge in [0.1, 0.15) is 0 Å². The fourth-order valence-electron chi connectivity index (χ4n) is 1.94. The van der Waals surface area contributed by atoms with Crippen LogP contribution in [0.4, 0.5) is 13.2 Å². The van der Waals surface area contributed by atoms with Gasteiger partial charge in [-0.2, -0.15) is 13.2 Å². The Labute approximate surface area is 105 Å². The molecule has 0 radical (unpaired) electrons. The highest BCUT2D eigenvalue weighted by molar-refractivity contribution is 7.89. The van der Waals surface area contributed by atoms with Gasteiger partial charge in [-0.1, -0.05) is 6.92 Å². The van der Waals surface area contributed by atoms with Gasteiger partial charge in [-0.25, -0.2) is 13.1 Å². The summed E-state index contributed by atoms with van der Waals surface area (Å²) >= 11 is 0. The third-order valence-electron chi connectivity index (χ3n) is 2.99. The first-order valence-corrected chi connectivity index (χ1v) is 7.62. The number of sulfonamides is 1. The van der Waals surface area contributed by atoms with Crippen molar-refractivity contribution in [2.24, 2.45) is 5.92 Å². The highest BCUT2D eigenvalue weighted by Crippen LogP contribution is 2.21. The van der Waals surface area contributed by atoms with Crippen molar-refractivity contribution in [3.8, 4) is 0 Å². The second kappa shape index (κ2) is 6.21. The fourth-order valence-corrected chi connectivity index (χ4v) is 3.40. The summed E-state index contributed by atoms with van der Waals surface area (Å²) < 4.78 is 61.5. The van der Waals surface area contributed by atoms with Crippen molar-refractivity contribution in [2.75, 3.05) is 18.8 Å². The van der Waals surface area contributed by atoms with Crippen LogP contribution < -0.4 is 10.0 Å². The first kappa shape index (κ1) is 15.7. The van der Waals surface area contributed by atoms with Crippen molar-refractivity contribution in [1.82, 2.24) is 10.0 Å². The number of piperidine rings is 1. The SMILES string of the molecule is C[C@@H]1CNCC[C@@H]1NS(=O)(=O)CCCC(F)(F)F. The second-order valence-electron chi connectivity index (χ2n) is 4.73. The average Bonchev–Trinajstić information content (AvgIpc) is 2.18. The Kier molecular flexibility index (Phi) is 5.42. The van der Waals surface area contributed by atoms with E-state index in [1.165, 1.54) is 0 Å². The van der Waals surface area contributed by atoms with Crippen LogP contribution in [0.3, 0.4) is 0 Å². The van der Waals surface area contributed by atoms with Gasteiger partial charge in [-0.15, -0.1) is 0 Å². The van der Waals surface area contributed by atoms with Crippen LogP contribution in [0.5, 0.6) is 0 Å². The van der Waals surface area contributed by atoms with Crippen LogP contribution in [0.2, 0.25) is 0 Å². The Bertz CT molecular complexity index is 357. The van der Waals surface area contributed by atoms with Gasteiger partial charge in [-0.3, -0.25) is 0 Å². The molecule has 1 aliphatic rings. The van der Waals surface area contributed by atoms with Crippen LogP contribution in [0.1, 0.15) is 26.2 Å². The van der Waals surface area contributed by atoms with Crippen LogP contribution in [0.15, 0.2) is 0 Å². The molecule has 0 aliphatic carbocycles. The van der Waals surface area contributed by atoms with Crippen molar-refractivity contribution < 1.29 is 21.6 Å². The van der Waals surface area contributed by atoms with Gasteiger partial charge in [0.2, 0.25) is 10.0 Å². The molecule has 0 spiro atoms. The van der Waals surface area contributed by atoms with Crippen molar-refractivity contribution >= 4 is 10.0 Å². The molecule has 0 aromatic heterocycles. The lowest BCUT2D eigenvalue weighted by atomic mass is 9.97. The maximum atomic E-state index is 11.9. The number of nitrogens with one attached hydrogen (secondary N) is 2. The van der Waals surface area contributed by atoms with E-state index in [1.807, 2.05) is 6.92 Å². The average molecular weight is 288 g/mol. The predicted octanol–water partition coefficient (Wildman–Crippen LogP) is 1.25. The summed E-state index contributed by atoms with van der Waals surface area (Å²) in [4.78, 5) is 0. The maximum Gasteiger partial charge on any atom is 0.389 e. The van der Waals surface area contributed by atoms with Crippen LogP contribution >= 0.6 is 0 Å². The van der Waals surface area contributed by atoms with E-state index in [9.17, 15) is 21.6 Å². The van der Waals surface area contributed by atoms with E-state index >= 15 is 0 Å². The van der Waals surface area contributed by atoms with E-state index in [4.69, 9.17) is 0 Å². The largest absolute Gasteiger partial charge is 0.389 e. The van der Waals surface area contributed by atoms with Crippen molar-refractivity contribution in [2.45, 2.75) is 38.4 Å². The molecule has 2 atom stereocenters. The van der Waals surface area contributed by atoms with Crippen molar-refractivity contribution in [3.05, 3.63) is 0 Å². The Balaban J connectivity index is 2.39. The normalized spacial score (nSPS) is 26.2. The molecule has 0 aromatic carbocycles. The number of rotatable bonds is 5. The van der Waals surface area contributed by atoms with Gasteiger partial charge in [0.25, 0.3) is 0 Å². The zero-order valence-corrected chi connectivity index (χ0v) is 11.1. The summed E-state index contributed by atoms with van der Waals surface area (Å²) in [6.45, 7) is 3.35. The van der Waals surface area contributed by atoms with E-state index in [0.29, 0.717) is 6.42 Å². The van der Waals surface area contributed by atoms with Crippen LogP contribution in [-0.4, -0.2) is 39.5 Å². The summed E-state index contributed by atoms with van der Waals surface area (Å²) in [6.07, 6.45) is -5.08. The molecular weight excluding hydrogens is 269 g/mol. The van der Waals surface area contributed by atoms with E-state index < -0.39 is 34.8 Å². The smallest absolute Gasteiger partial charge is 0.316 e. The number of alkyl halides is 3. The van der Waals surface area contributed by atoms with Crippen LogP contribution in [0, 0.1) is 5.92 Å². The van der Waals surface area contributed by atoms with E-state index in [0.717, 1.165) is 13.1 Å². The Hall–Kier alpha value is -0.340.